The molecule has 0 bridgehead atoms. The molecule has 3 aromatic rings. The van der Waals surface area contributed by atoms with Crippen molar-refractivity contribution in [2.75, 3.05) is 4.90 Å². The van der Waals surface area contributed by atoms with Crippen LogP contribution in [0.15, 0.2) is 72.8 Å². The summed E-state index contributed by atoms with van der Waals surface area (Å²) in [6.45, 7) is 6.07. The van der Waals surface area contributed by atoms with Crippen LogP contribution in [0.2, 0.25) is 0 Å². The van der Waals surface area contributed by atoms with Gasteiger partial charge in [0.1, 0.15) is 0 Å². The molecule has 3 atom stereocenters. The van der Waals surface area contributed by atoms with E-state index in [-0.39, 0.29) is 11.1 Å². The van der Waals surface area contributed by atoms with Crippen molar-refractivity contribution in [3.63, 3.8) is 0 Å². The Balaban J connectivity index is 1.51. The van der Waals surface area contributed by atoms with Gasteiger partial charge in [-0.15, -0.1) is 0 Å². The van der Waals surface area contributed by atoms with Gasteiger partial charge in [-0.3, -0.25) is 19.2 Å². The molecule has 2 amide bonds. The SMILES string of the molecule is Cc1ccc([C@@H]2OC3(C(=O)c4ccccc4C3=O)[C@@H]3C(=O)N(c4ccc(C(C)C)cc4)C(=O)[C@@H]32)cc1. The second-order valence-electron chi connectivity index (χ2n) is 10.2. The minimum Gasteiger partial charge on any atom is -0.349 e. The maximum atomic E-state index is 14.0. The van der Waals surface area contributed by atoms with Crippen molar-refractivity contribution in [2.45, 2.75) is 38.4 Å². The third-order valence-electron chi connectivity index (χ3n) is 7.74. The average Bonchev–Trinajstić information content (AvgIpc) is 3.44. The van der Waals surface area contributed by atoms with Gasteiger partial charge in [-0.05, 0) is 36.1 Å². The number of hydrogen-bond donors (Lipinski definition) is 0. The summed E-state index contributed by atoms with van der Waals surface area (Å²) in [5, 5.41) is 0. The van der Waals surface area contributed by atoms with Crippen molar-refractivity contribution in [1.29, 1.82) is 0 Å². The van der Waals surface area contributed by atoms with Crippen LogP contribution in [0.4, 0.5) is 5.69 Å². The molecule has 6 nitrogen and oxygen atoms in total. The number of amides is 2. The second kappa shape index (κ2) is 7.80. The normalized spacial score (nSPS) is 24.2. The molecule has 180 valence electrons. The number of carbonyl (C=O) groups is 4. The highest BCUT2D eigenvalue weighted by molar-refractivity contribution is 6.37. The molecule has 6 rings (SSSR count). The van der Waals surface area contributed by atoms with E-state index in [0.717, 1.165) is 16.0 Å². The van der Waals surface area contributed by atoms with Crippen molar-refractivity contribution in [2.24, 2.45) is 11.8 Å². The van der Waals surface area contributed by atoms with Gasteiger partial charge < -0.3 is 4.74 Å². The first-order chi connectivity index (χ1) is 17.3. The molecule has 36 heavy (non-hydrogen) atoms. The van der Waals surface area contributed by atoms with Crippen LogP contribution in [0.25, 0.3) is 0 Å². The first kappa shape index (κ1) is 22.6. The van der Waals surface area contributed by atoms with Gasteiger partial charge in [-0.1, -0.05) is 80.1 Å². The summed E-state index contributed by atoms with van der Waals surface area (Å²) in [5.74, 6) is -4.08. The predicted octanol–water partition coefficient (Wildman–Crippen LogP) is 4.81. The lowest BCUT2D eigenvalue weighted by Crippen LogP contribution is -2.51. The fourth-order valence-electron chi connectivity index (χ4n) is 5.84. The lowest BCUT2D eigenvalue weighted by atomic mass is 9.77. The molecule has 3 aromatic carbocycles. The number of ketones is 2. The molecule has 0 radical (unpaired) electrons. The number of aryl methyl sites for hydroxylation is 1. The van der Waals surface area contributed by atoms with Crippen LogP contribution in [0.5, 0.6) is 0 Å². The Morgan fingerprint density at radius 2 is 1.36 bits per heavy atom. The van der Waals surface area contributed by atoms with Crippen LogP contribution in [0.3, 0.4) is 0 Å². The fraction of sp³-hybridized carbons (Fsp3) is 0.267. The summed E-state index contributed by atoms with van der Waals surface area (Å²) < 4.78 is 6.32. The van der Waals surface area contributed by atoms with Crippen molar-refractivity contribution < 1.29 is 23.9 Å². The number of carbonyl (C=O) groups excluding carboxylic acids is 4. The minimum atomic E-state index is -2.05. The van der Waals surface area contributed by atoms with Gasteiger partial charge in [0.25, 0.3) is 0 Å². The van der Waals surface area contributed by atoms with Gasteiger partial charge >= 0.3 is 0 Å². The standard InChI is InChI=1S/C30H25NO5/c1-16(2)18-12-14-20(15-13-18)31-28(34)23-24(29(31)35)30(36-25(23)19-10-8-17(3)9-11-19)26(32)21-6-4-5-7-22(21)27(30)33/h4-16,23-25H,1-3H3/t23-,24-,25-/m0/s1. The Morgan fingerprint density at radius 3 is 1.92 bits per heavy atom. The number of anilines is 1. The summed E-state index contributed by atoms with van der Waals surface area (Å²) in [7, 11) is 0. The maximum Gasteiger partial charge on any atom is 0.241 e. The Bertz CT molecular complexity index is 1400. The molecule has 1 spiro atoms. The van der Waals surface area contributed by atoms with Gasteiger partial charge in [0.05, 0.1) is 23.6 Å². The van der Waals surface area contributed by atoms with Gasteiger partial charge in [0.15, 0.2) is 0 Å². The van der Waals surface area contributed by atoms with Crippen LogP contribution in [-0.2, 0) is 14.3 Å². The van der Waals surface area contributed by atoms with E-state index in [0.29, 0.717) is 17.2 Å². The number of rotatable bonds is 3. The van der Waals surface area contributed by atoms with E-state index in [4.69, 9.17) is 4.74 Å². The summed E-state index contributed by atoms with van der Waals surface area (Å²) in [4.78, 5) is 56.6. The van der Waals surface area contributed by atoms with Crippen LogP contribution in [0, 0.1) is 18.8 Å². The highest BCUT2D eigenvalue weighted by Gasteiger charge is 2.74. The van der Waals surface area contributed by atoms with Crippen LogP contribution in [-0.4, -0.2) is 29.0 Å². The Hall–Kier alpha value is -3.90. The molecule has 0 unspecified atom stereocenters. The number of ether oxygens (including phenoxy) is 1. The van der Waals surface area contributed by atoms with E-state index in [2.05, 4.69) is 13.8 Å². The number of nitrogens with zero attached hydrogens (tertiary/aromatic N) is 1. The van der Waals surface area contributed by atoms with Crippen LogP contribution >= 0.6 is 0 Å². The summed E-state index contributed by atoms with van der Waals surface area (Å²) in [6, 6.07) is 21.2. The van der Waals surface area contributed by atoms with E-state index in [1.54, 1.807) is 36.4 Å². The van der Waals surface area contributed by atoms with Gasteiger partial charge in [0, 0.05) is 11.1 Å². The number of fused-ring (bicyclic) bond motifs is 3. The molecule has 2 aliphatic heterocycles. The highest BCUT2D eigenvalue weighted by Crippen LogP contribution is 2.57. The summed E-state index contributed by atoms with van der Waals surface area (Å²) in [5.41, 5.74) is 1.58. The molecular weight excluding hydrogens is 454 g/mol. The molecule has 2 fully saturated rings. The first-order valence-electron chi connectivity index (χ1n) is 12.2. The van der Waals surface area contributed by atoms with Crippen molar-refractivity contribution in [3.8, 4) is 0 Å². The van der Waals surface area contributed by atoms with Crippen molar-refractivity contribution in [1.82, 2.24) is 0 Å². The number of imide groups is 1. The van der Waals surface area contributed by atoms with E-state index in [1.165, 1.54) is 0 Å². The monoisotopic (exact) mass is 479 g/mol. The molecule has 0 saturated carbocycles. The molecule has 2 heterocycles. The first-order valence-corrected chi connectivity index (χ1v) is 12.2. The minimum absolute atomic E-state index is 0.228. The largest absolute Gasteiger partial charge is 0.349 e. The van der Waals surface area contributed by atoms with Crippen molar-refractivity contribution in [3.05, 3.63) is 101 Å². The average molecular weight is 480 g/mol. The van der Waals surface area contributed by atoms with E-state index < -0.39 is 46.9 Å². The van der Waals surface area contributed by atoms with Gasteiger partial charge in [-0.25, -0.2) is 4.90 Å². The molecule has 0 aromatic heterocycles. The molecule has 6 heteroatoms. The Kier molecular flexibility index (Phi) is 4.89. The predicted molar refractivity (Wildman–Crippen MR) is 133 cm³/mol. The second-order valence-corrected chi connectivity index (χ2v) is 10.2. The Morgan fingerprint density at radius 1 is 0.778 bits per heavy atom. The summed E-state index contributed by atoms with van der Waals surface area (Å²) in [6.07, 6.45) is -0.908. The third kappa shape index (κ3) is 2.88. The lowest BCUT2D eigenvalue weighted by molar-refractivity contribution is -0.127. The number of benzene rings is 3. The molecule has 0 N–H and O–H groups in total. The van der Waals surface area contributed by atoms with Gasteiger partial charge in [-0.2, -0.15) is 0 Å². The van der Waals surface area contributed by atoms with Crippen molar-refractivity contribution >= 4 is 29.1 Å². The van der Waals surface area contributed by atoms with Gasteiger partial charge in [0.2, 0.25) is 29.0 Å². The number of Topliss-reactive ketones (excluding diaryl/α,β-unsaturated/α-hetero) is 2. The summed E-state index contributed by atoms with van der Waals surface area (Å²) >= 11 is 0. The van der Waals surface area contributed by atoms with Crippen LogP contribution in [0.1, 0.15) is 63.3 Å². The quantitative estimate of drug-likeness (QED) is 0.398. The van der Waals surface area contributed by atoms with E-state index >= 15 is 0 Å². The zero-order valence-corrected chi connectivity index (χ0v) is 20.2. The maximum absolute atomic E-state index is 14.0. The molecule has 2 saturated heterocycles. The van der Waals surface area contributed by atoms with E-state index in [9.17, 15) is 19.2 Å². The highest BCUT2D eigenvalue weighted by atomic mass is 16.5. The van der Waals surface area contributed by atoms with E-state index in [1.807, 2.05) is 43.3 Å². The zero-order chi connectivity index (χ0) is 25.4. The fourth-order valence-corrected chi connectivity index (χ4v) is 5.84. The zero-order valence-electron chi connectivity index (χ0n) is 20.2. The smallest absolute Gasteiger partial charge is 0.241 e. The number of hydrogen-bond acceptors (Lipinski definition) is 5. The van der Waals surface area contributed by atoms with Crippen LogP contribution < -0.4 is 4.90 Å². The topological polar surface area (TPSA) is 80.8 Å². The third-order valence-corrected chi connectivity index (χ3v) is 7.74. The molecule has 1 aliphatic carbocycles. The molecular formula is C30H25NO5. The lowest BCUT2D eigenvalue weighted by Gasteiger charge is -2.27. The Labute approximate surface area is 208 Å². The molecule has 3 aliphatic rings.